The molecule has 0 atom stereocenters. The molecule has 0 fully saturated rings. The van der Waals surface area contributed by atoms with Crippen LogP contribution in [0.25, 0.3) is 5.69 Å². The van der Waals surface area contributed by atoms with Crippen LogP contribution in [0.1, 0.15) is 16.3 Å². The molecule has 2 rings (SSSR count). The number of ether oxygens (including phenoxy) is 1. The minimum absolute atomic E-state index is 0.0190. The van der Waals surface area contributed by atoms with Crippen LogP contribution in [0.4, 0.5) is 0 Å². The molecule has 0 bridgehead atoms. The number of aryl methyl sites for hydroxylation is 1. The number of carboxylic acid groups (broad SMARTS) is 1. The van der Waals surface area contributed by atoms with E-state index in [0.29, 0.717) is 22.3 Å². The number of aromatic carboxylic acids is 1. The van der Waals surface area contributed by atoms with Gasteiger partial charge in [-0.2, -0.15) is 0 Å². The average Bonchev–Trinajstić information content (AvgIpc) is 2.71. The van der Waals surface area contributed by atoms with E-state index < -0.39 is 5.97 Å². The maximum atomic E-state index is 10.9. The number of halogens is 1. The Hall–Kier alpha value is -2.01. The molecule has 2 aromatic rings. The van der Waals surface area contributed by atoms with Crippen molar-refractivity contribution in [3.63, 3.8) is 0 Å². The van der Waals surface area contributed by atoms with E-state index >= 15 is 0 Å². The van der Waals surface area contributed by atoms with Gasteiger partial charge in [-0.1, -0.05) is 11.6 Å². The third kappa shape index (κ3) is 2.17. The molecule has 0 aliphatic rings. The van der Waals surface area contributed by atoms with Gasteiger partial charge in [0.25, 0.3) is 0 Å². The molecule has 0 saturated carbocycles. The minimum atomic E-state index is -1.07. The van der Waals surface area contributed by atoms with Crippen LogP contribution >= 0.6 is 11.6 Å². The van der Waals surface area contributed by atoms with Crippen LogP contribution in [0.3, 0.4) is 0 Å². The highest BCUT2D eigenvalue weighted by atomic mass is 35.5. The van der Waals surface area contributed by atoms with Gasteiger partial charge in [-0.05, 0) is 25.1 Å². The predicted octanol–water partition coefficient (Wildman–Crippen LogP) is 2.54. The number of methoxy groups -OCH3 is 1. The Kier molecular flexibility index (Phi) is 3.25. The summed E-state index contributed by atoms with van der Waals surface area (Å²) < 4.78 is 6.86. The molecule has 0 radical (unpaired) electrons. The molecule has 1 heterocycles. The number of hydrogen-bond donors (Lipinski definition) is 1. The van der Waals surface area contributed by atoms with Gasteiger partial charge < -0.3 is 9.84 Å². The van der Waals surface area contributed by atoms with Crippen molar-refractivity contribution in [3.05, 3.63) is 40.9 Å². The Morgan fingerprint density at radius 3 is 2.78 bits per heavy atom. The van der Waals surface area contributed by atoms with Gasteiger partial charge in [0.15, 0.2) is 5.69 Å². The fourth-order valence-electron chi connectivity index (χ4n) is 1.67. The lowest BCUT2D eigenvalue weighted by Crippen LogP contribution is -1.99. The van der Waals surface area contributed by atoms with Gasteiger partial charge in [-0.15, -0.1) is 0 Å². The maximum Gasteiger partial charge on any atom is 0.356 e. The highest BCUT2D eigenvalue weighted by Crippen LogP contribution is 2.27. The van der Waals surface area contributed by atoms with E-state index in [1.807, 2.05) is 0 Å². The average molecular weight is 267 g/mol. The second-order valence-electron chi connectivity index (χ2n) is 3.66. The molecular formula is C12H11ClN2O3. The molecule has 5 nitrogen and oxygen atoms in total. The molecule has 1 aromatic carbocycles. The van der Waals surface area contributed by atoms with E-state index in [1.54, 1.807) is 29.7 Å². The zero-order chi connectivity index (χ0) is 13.3. The van der Waals surface area contributed by atoms with Crippen molar-refractivity contribution >= 4 is 17.6 Å². The van der Waals surface area contributed by atoms with Crippen molar-refractivity contribution in [2.24, 2.45) is 0 Å². The van der Waals surface area contributed by atoms with Crippen molar-refractivity contribution < 1.29 is 14.6 Å². The van der Waals surface area contributed by atoms with Crippen molar-refractivity contribution in [3.8, 4) is 11.4 Å². The first-order chi connectivity index (χ1) is 8.52. The SMILES string of the molecule is COc1ccc(Cl)cc1-n1cc(C(=O)O)nc1C. The predicted molar refractivity (Wildman–Crippen MR) is 66.8 cm³/mol. The fraction of sp³-hybridized carbons (Fsp3) is 0.167. The van der Waals surface area contributed by atoms with Crippen LogP contribution < -0.4 is 4.74 Å². The van der Waals surface area contributed by atoms with Crippen molar-refractivity contribution in [1.82, 2.24) is 9.55 Å². The quantitative estimate of drug-likeness (QED) is 0.927. The third-order valence-corrected chi connectivity index (χ3v) is 2.74. The summed E-state index contributed by atoms with van der Waals surface area (Å²) in [6.07, 6.45) is 1.44. The summed E-state index contributed by atoms with van der Waals surface area (Å²) in [6, 6.07) is 5.12. The second kappa shape index (κ2) is 4.70. The molecule has 0 aliphatic heterocycles. The van der Waals surface area contributed by atoms with E-state index in [-0.39, 0.29) is 5.69 Å². The van der Waals surface area contributed by atoms with Gasteiger partial charge >= 0.3 is 5.97 Å². The summed E-state index contributed by atoms with van der Waals surface area (Å²) in [5.41, 5.74) is 0.636. The molecule has 0 spiro atoms. The molecule has 0 aliphatic carbocycles. The summed E-state index contributed by atoms with van der Waals surface area (Å²) >= 11 is 5.94. The number of aromatic nitrogens is 2. The number of nitrogens with zero attached hydrogens (tertiary/aromatic N) is 2. The fourth-order valence-corrected chi connectivity index (χ4v) is 1.84. The zero-order valence-corrected chi connectivity index (χ0v) is 10.6. The number of rotatable bonds is 3. The monoisotopic (exact) mass is 266 g/mol. The lowest BCUT2D eigenvalue weighted by molar-refractivity contribution is 0.0691. The number of carboxylic acids is 1. The molecule has 0 amide bonds. The largest absolute Gasteiger partial charge is 0.495 e. The molecule has 18 heavy (non-hydrogen) atoms. The Bertz CT molecular complexity index is 607. The summed E-state index contributed by atoms with van der Waals surface area (Å²) in [4.78, 5) is 14.8. The van der Waals surface area contributed by atoms with Crippen molar-refractivity contribution in [2.75, 3.05) is 7.11 Å². The van der Waals surface area contributed by atoms with Crippen LogP contribution in [0.15, 0.2) is 24.4 Å². The maximum absolute atomic E-state index is 10.9. The Morgan fingerprint density at radius 1 is 1.50 bits per heavy atom. The first-order valence-corrected chi connectivity index (χ1v) is 5.54. The minimum Gasteiger partial charge on any atom is -0.495 e. The molecule has 0 saturated heterocycles. The van der Waals surface area contributed by atoms with E-state index in [1.165, 1.54) is 13.3 Å². The summed E-state index contributed by atoms with van der Waals surface area (Å²) in [7, 11) is 1.54. The van der Waals surface area contributed by atoms with E-state index in [9.17, 15) is 4.79 Å². The van der Waals surface area contributed by atoms with Gasteiger partial charge in [-0.3, -0.25) is 4.57 Å². The van der Waals surface area contributed by atoms with Crippen LogP contribution in [-0.4, -0.2) is 27.7 Å². The van der Waals surface area contributed by atoms with E-state index in [0.717, 1.165) is 0 Å². The number of imidazole rings is 1. The van der Waals surface area contributed by atoms with Gasteiger partial charge in [-0.25, -0.2) is 9.78 Å². The first kappa shape index (κ1) is 12.4. The van der Waals surface area contributed by atoms with E-state index in [2.05, 4.69) is 4.98 Å². The van der Waals surface area contributed by atoms with Crippen LogP contribution in [0, 0.1) is 6.92 Å². The Balaban J connectivity index is 2.60. The Morgan fingerprint density at radius 2 is 2.22 bits per heavy atom. The molecular weight excluding hydrogens is 256 g/mol. The lowest BCUT2D eigenvalue weighted by atomic mass is 10.3. The zero-order valence-electron chi connectivity index (χ0n) is 9.85. The molecule has 6 heteroatoms. The molecule has 94 valence electrons. The van der Waals surface area contributed by atoms with Gasteiger partial charge in [0.05, 0.1) is 12.8 Å². The highest BCUT2D eigenvalue weighted by Gasteiger charge is 2.14. The summed E-state index contributed by atoms with van der Waals surface area (Å²) in [5.74, 6) is 0.0719. The van der Waals surface area contributed by atoms with Crippen LogP contribution in [0.5, 0.6) is 5.75 Å². The second-order valence-corrected chi connectivity index (χ2v) is 4.10. The summed E-state index contributed by atoms with van der Waals surface area (Å²) in [5, 5.41) is 9.46. The lowest BCUT2D eigenvalue weighted by Gasteiger charge is -2.10. The first-order valence-electron chi connectivity index (χ1n) is 5.16. The van der Waals surface area contributed by atoms with Gasteiger partial charge in [0.2, 0.25) is 0 Å². The summed E-state index contributed by atoms with van der Waals surface area (Å²) in [6.45, 7) is 1.72. The number of hydrogen-bond acceptors (Lipinski definition) is 3. The normalized spacial score (nSPS) is 10.4. The van der Waals surface area contributed by atoms with E-state index in [4.69, 9.17) is 21.4 Å². The molecule has 1 aromatic heterocycles. The van der Waals surface area contributed by atoms with Crippen LogP contribution in [-0.2, 0) is 0 Å². The van der Waals surface area contributed by atoms with Crippen LogP contribution in [0.2, 0.25) is 5.02 Å². The smallest absolute Gasteiger partial charge is 0.356 e. The van der Waals surface area contributed by atoms with Gasteiger partial charge in [0.1, 0.15) is 11.6 Å². The number of carbonyl (C=O) groups is 1. The van der Waals surface area contributed by atoms with Crippen molar-refractivity contribution in [2.45, 2.75) is 6.92 Å². The topological polar surface area (TPSA) is 64.3 Å². The van der Waals surface area contributed by atoms with Crippen molar-refractivity contribution in [1.29, 1.82) is 0 Å². The molecule has 1 N–H and O–H groups in total. The molecule has 0 unspecified atom stereocenters. The van der Waals surface area contributed by atoms with Gasteiger partial charge in [0, 0.05) is 11.2 Å². The highest BCUT2D eigenvalue weighted by molar-refractivity contribution is 6.30. The third-order valence-electron chi connectivity index (χ3n) is 2.50. The Labute approximate surface area is 109 Å². The number of benzene rings is 1. The standard InChI is InChI=1S/C12H11ClN2O3/c1-7-14-9(12(16)17)6-15(7)10-5-8(13)3-4-11(10)18-2/h3-6H,1-2H3,(H,16,17).